The maximum atomic E-state index is 13.6. The average Bonchev–Trinajstić information content (AvgIpc) is 3.58. The van der Waals surface area contributed by atoms with E-state index in [1.54, 1.807) is 17.5 Å². The number of rotatable bonds is 7. The van der Waals surface area contributed by atoms with Gasteiger partial charge in [-0.3, -0.25) is 14.3 Å². The zero-order valence-electron chi connectivity index (χ0n) is 19.6. The molecular weight excluding hydrogens is 456 g/mol. The highest BCUT2D eigenvalue weighted by molar-refractivity contribution is 7.10. The van der Waals surface area contributed by atoms with Crippen molar-refractivity contribution in [3.63, 3.8) is 0 Å². The van der Waals surface area contributed by atoms with Gasteiger partial charge < -0.3 is 10.2 Å². The fraction of sp³-hybridized carbons (Fsp3) is 0.250. The Kier molecular flexibility index (Phi) is 6.77. The number of amides is 2. The van der Waals surface area contributed by atoms with Gasteiger partial charge in [0.2, 0.25) is 11.8 Å². The van der Waals surface area contributed by atoms with Gasteiger partial charge in [0.1, 0.15) is 0 Å². The summed E-state index contributed by atoms with van der Waals surface area (Å²) in [6, 6.07) is 21.6. The molecule has 1 aliphatic rings. The molecule has 5 rings (SSSR count). The first-order chi connectivity index (χ1) is 17.1. The molecule has 1 saturated heterocycles. The molecule has 1 N–H and O–H groups in total. The minimum Gasteiger partial charge on any atom is -0.352 e. The quantitative estimate of drug-likeness (QED) is 0.397. The normalized spacial score (nSPS) is 18.0. The largest absolute Gasteiger partial charge is 0.352 e. The Balaban J connectivity index is 1.38. The molecule has 6 nitrogen and oxygen atoms in total. The first kappa shape index (κ1) is 23.1. The number of anilines is 1. The molecule has 7 heteroatoms. The minimum absolute atomic E-state index is 0.0260. The third-order valence-corrected chi connectivity index (χ3v) is 7.49. The average molecular weight is 485 g/mol. The Morgan fingerprint density at radius 1 is 1.06 bits per heavy atom. The van der Waals surface area contributed by atoms with Crippen LogP contribution < -0.4 is 10.2 Å². The Labute approximate surface area is 209 Å². The molecule has 0 bridgehead atoms. The molecule has 2 atom stereocenters. The molecule has 178 valence electrons. The van der Waals surface area contributed by atoms with Crippen molar-refractivity contribution in [1.29, 1.82) is 0 Å². The molecular formula is C28H28N4O2S. The fourth-order valence-electron chi connectivity index (χ4n) is 4.73. The van der Waals surface area contributed by atoms with E-state index < -0.39 is 0 Å². The maximum Gasteiger partial charge on any atom is 0.227 e. The Bertz CT molecular complexity index is 1280. The van der Waals surface area contributed by atoms with E-state index in [4.69, 9.17) is 0 Å². The Morgan fingerprint density at radius 3 is 2.57 bits per heavy atom. The number of nitrogens with zero attached hydrogens (tertiary/aromatic N) is 3. The predicted octanol–water partition coefficient (Wildman–Crippen LogP) is 5.10. The molecule has 2 aromatic heterocycles. The van der Waals surface area contributed by atoms with Crippen LogP contribution in [0.4, 0.5) is 5.69 Å². The molecule has 0 radical (unpaired) electrons. The van der Waals surface area contributed by atoms with Gasteiger partial charge in [-0.05, 0) is 54.1 Å². The van der Waals surface area contributed by atoms with E-state index in [9.17, 15) is 9.59 Å². The van der Waals surface area contributed by atoms with E-state index in [-0.39, 0.29) is 23.8 Å². The summed E-state index contributed by atoms with van der Waals surface area (Å²) in [5.74, 6) is -0.297. The molecule has 0 aliphatic carbocycles. The van der Waals surface area contributed by atoms with Gasteiger partial charge in [-0.25, -0.2) is 0 Å². The lowest BCUT2D eigenvalue weighted by atomic mass is 9.86. The number of nitrogens with one attached hydrogen (secondary N) is 1. The first-order valence-electron chi connectivity index (χ1n) is 11.8. The molecule has 2 amide bonds. The summed E-state index contributed by atoms with van der Waals surface area (Å²) in [5.41, 5.74) is 4.15. The second-order valence-corrected chi connectivity index (χ2v) is 9.87. The second-order valence-electron chi connectivity index (χ2n) is 8.89. The summed E-state index contributed by atoms with van der Waals surface area (Å²) in [6.45, 7) is 3.11. The van der Waals surface area contributed by atoms with Crippen LogP contribution in [0.1, 0.15) is 40.5 Å². The topological polar surface area (TPSA) is 67.2 Å². The van der Waals surface area contributed by atoms with Gasteiger partial charge in [-0.1, -0.05) is 48.0 Å². The number of hydrogen-bond acceptors (Lipinski definition) is 4. The number of benzene rings is 2. The minimum atomic E-state index is -0.328. The number of aromatic nitrogens is 2. The summed E-state index contributed by atoms with van der Waals surface area (Å²) in [7, 11) is 0. The SMILES string of the molecule is Cc1ccc(N2C(=O)CCC(C(=O)NCc3ccccc3Cn3cccn3)C2c2cccs2)cc1. The van der Waals surface area contributed by atoms with Gasteiger partial charge in [0.15, 0.2) is 0 Å². The van der Waals surface area contributed by atoms with Crippen LogP contribution in [0.25, 0.3) is 0 Å². The highest BCUT2D eigenvalue weighted by Crippen LogP contribution is 2.41. The summed E-state index contributed by atoms with van der Waals surface area (Å²) in [4.78, 5) is 29.6. The Hall–Kier alpha value is -3.71. The van der Waals surface area contributed by atoms with Crippen molar-refractivity contribution in [1.82, 2.24) is 15.1 Å². The van der Waals surface area contributed by atoms with Crippen molar-refractivity contribution < 1.29 is 9.59 Å². The van der Waals surface area contributed by atoms with Gasteiger partial charge in [0.25, 0.3) is 0 Å². The predicted molar refractivity (Wildman–Crippen MR) is 138 cm³/mol. The van der Waals surface area contributed by atoms with E-state index in [1.165, 1.54) is 0 Å². The van der Waals surface area contributed by atoms with Gasteiger partial charge in [-0.15, -0.1) is 11.3 Å². The highest BCUT2D eigenvalue weighted by atomic mass is 32.1. The summed E-state index contributed by atoms with van der Waals surface area (Å²) in [6.07, 6.45) is 4.58. The van der Waals surface area contributed by atoms with Crippen LogP contribution in [-0.2, 0) is 22.7 Å². The van der Waals surface area contributed by atoms with Crippen molar-refractivity contribution in [2.75, 3.05) is 4.90 Å². The number of aryl methyl sites for hydroxylation is 1. The summed E-state index contributed by atoms with van der Waals surface area (Å²) < 4.78 is 1.87. The van der Waals surface area contributed by atoms with Crippen LogP contribution in [0.15, 0.2) is 84.5 Å². The van der Waals surface area contributed by atoms with Crippen molar-refractivity contribution in [2.24, 2.45) is 5.92 Å². The van der Waals surface area contributed by atoms with E-state index >= 15 is 0 Å². The van der Waals surface area contributed by atoms with Crippen molar-refractivity contribution in [3.8, 4) is 0 Å². The summed E-state index contributed by atoms with van der Waals surface area (Å²) >= 11 is 1.59. The van der Waals surface area contributed by atoms with E-state index in [1.807, 2.05) is 88.7 Å². The van der Waals surface area contributed by atoms with E-state index in [2.05, 4.69) is 16.5 Å². The van der Waals surface area contributed by atoms with Gasteiger partial charge >= 0.3 is 0 Å². The van der Waals surface area contributed by atoms with Crippen molar-refractivity contribution in [2.45, 2.75) is 38.9 Å². The molecule has 3 heterocycles. The first-order valence-corrected chi connectivity index (χ1v) is 12.7. The molecule has 1 fully saturated rings. The molecule has 35 heavy (non-hydrogen) atoms. The third kappa shape index (κ3) is 5.05. The number of carbonyl (C=O) groups excluding carboxylic acids is 2. The van der Waals surface area contributed by atoms with Crippen LogP contribution in [0.2, 0.25) is 0 Å². The number of thiophene rings is 1. The lowest BCUT2D eigenvalue weighted by Gasteiger charge is -2.40. The van der Waals surface area contributed by atoms with Crippen LogP contribution in [-0.4, -0.2) is 21.6 Å². The summed E-state index contributed by atoms with van der Waals surface area (Å²) in [5, 5.41) is 9.48. The zero-order chi connectivity index (χ0) is 24.2. The number of carbonyl (C=O) groups is 2. The Morgan fingerprint density at radius 2 is 1.86 bits per heavy atom. The smallest absolute Gasteiger partial charge is 0.227 e. The molecule has 0 saturated carbocycles. The van der Waals surface area contributed by atoms with Gasteiger partial charge in [0.05, 0.1) is 18.5 Å². The van der Waals surface area contributed by atoms with Crippen molar-refractivity contribution >= 4 is 28.8 Å². The van der Waals surface area contributed by atoms with Crippen LogP contribution >= 0.6 is 11.3 Å². The highest BCUT2D eigenvalue weighted by Gasteiger charge is 2.41. The number of hydrogen-bond donors (Lipinski definition) is 1. The molecule has 0 spiro atoms. The molecule has 4 aromatic rings. The second kappa shape index (κ2) is 10.3. The maximum absolute atomic E-state index is 13.6. The third-order valence-electron chi connectivity index (χ3n) is 6.54. The fourth-order valence-corrected chi connectivity index (χ4v) is 5.61. The van der Waals surface area contributed by atoms with E-state index in [0.29, 0.717) is 25.9 Å². The monoisotopic (exact) mass is 484 g/mol. The molecule has 2 aromatic carbocycles. The molecule has 2 unspecified atom stereocenters. The van der Waals surface area contributed by atoms with Crippen molar-refractivity contribution in [3.05, 3.63) is 106 Å². The van der Waals surface area contributed by atoms with Crippen LogP contribution in [0, 0.1) is 12.8 Å². The number of piperidine rings is 1. The standard InChI is InChI=1S/C28H28N4O2S/c1-20-9-11-23(12-10-20)32-26(33)14-13-24(27(32)25-8-4-17-35-25)28(34)29-18-21-6-2-3-7-22(21)19-31-16-5-15-30-31/h2-12,15-17,24,27H,13-14,18-19H2,1H3,(H,29,34). The van der Waals surface area contributed by atoms with E-state index in [0.717, 1.165) is 27.3 Å². The van der Waals surface area contributed by atoms with Crippen LogP contribution in [0.5, 0.6) is 0 Å². The van der Waals surface area contributed by atoms with Gasteiger partial charge in [-0.2, -0.15) is 5.10 Å². The van der Waals surface area contributed by atoms with Crippen LogP contribution in [0.3, 0.4) is 0 Å². The lowest BCUT2D eigenvalue weighted by Crippen LogP contribution is -2.48. The van der Waals surface area contributed by atoms with Gasteiger partial charge in [0, 0.05) is 35.9 Å². The zero-order valence-corrected chi connectivity index (χ0v) is 20.4. The lowest BCUT2D eigenvalue weighted by molar-refractivity contribution is -0.129. The molecule has 1 aliphatic heterocycles.